The van der Waals surface area contributed by atoms with Crippen molar-refractivity contribution in [3.8, 4) is 11.8 Å². The van der Waals surface area contributed by atoms with Crippen LogP contribution < -0.4 is 0 Å². The number of ether oxygens (including phenoxy) is 1. The van der Waals surface area contributed by atoms with E-state index in [1.165, 1.54) is 0 Å². The molecule has 0 aliphatic carbocycles. The molecule has 0 saturated carbocycles. The third kappa shape index (κ3) is 2.35. The highest BCUT2D eigenvalue weighted by atomic mass is 16.6. The highest BCUT2D eigenvalue weighted by Gasteiger charge is 2.58. The van der Waals surface area contributed by atoms with Crippen LogP contribution in [0.1, 0.15) is 25.0 Å². The molecule has 100 valence electrons. The van der Waals surface area contributed by atoms with Gasteiger partial charge in [0.05, 0.1) is 0 Å². The van der Waals surface area contributed by atoms with Crippen molar-refractivity contribution in [3.63, 3.8) is 0 Å². The zero-order valence-corrected chi connectivity index (χ0v) is 11.8. The molecule has 3 rings (SSSR count). The Morgan fingerprint density at radius 1 is 0.950 bits per heavy atom. The molecule has 0 N–H and O–H groups in total. The van der Waals surface area contributed by atoms with Gasteiger partial charge in [-0.15, -0.1) is 0 Å². The number of epoxide rings is 1. The smallest absolute Gasteiger partial charge is 0.181 e. The molecule has 1 aliphatic heterocycles. The molecular weight excluding hydrogens is 244 g/mol. The summed E-state index contributed by atoms with van der Waals surface area (Å²) in [6, 6.07) is 20.4. The number of hydrogen-bond donors (Lipinski definition) is 0. The van der Waals surface area contributed by atoms with Crippen LogP contribution in [0.4, 0.5) is 0 Å². The Morgan fingerprint density at radius 2 is 1.55 bits per heavy atom. The third-order valence-corrected chi connectivity index (χ3v) is 3.63. The Morgan fingerprint density at radius 3 is 2.10 bits per heavy atom. The number of benzene rings is 2. The summed E-state index contributed by atoms with van der Waals surface area (Å²) in [6.45, 7) is 4.36. The van der Waals surface area contributed by atoms with Crippen LogP contribution in [-0.4, -0.2) is 6.10 Å². The van der Waals surface area contributed by atoms with E-state index in [1.54, 1.807) is 0 Å². The summed E-state index contributed by atoms with van der Waals surface area (Å²) in [5.41, 5.74) is 1.76. The van der Waals surface area contributed by atoms with E-state index < -0.39 is 5.60 Å². The summed E-state index contributed by atoms with van der Waals surface area (Å²) in [5.74, 6) is 7.08. The molecule has 2 atom stereocenters. The monoisotopic (exact) mass is 262 g/mol. The van der Waals surface area contributed by atoms with Gasteiger partial charge in [0.25, 0.3) is 0 Å². The first-order valence-corrected chi connectivity index (χ1v) is 7.04. The van der Waals surface area contributed by atoms with E-state index in [2.05, 4.69) is 37.8 Å². The van der Waals surface area contributed by atoms with E-state index in [0.29, 0.717) is 5.92 Å². The Bertz CT molecular complexity index is 634. The van der Waals surface area contributed by atoms with Crippen LogP contribution in [0.25, 0.3) is 0 Å². The molecule has 0 amide bonds. The first kappa shape index (κ1) is 13.0. The Balaban J connectivity index is 1.96. The van der Waals surface area contributed by atoms with Crippen molar-refractivity contribution >= 4 is 0 Å². The minimum atomic E-state index is -0.425. The fraction of sp³-hybridized carbons (Fsp3) is 0.263. The zero-order valence-electron chi connectivity index (χ0n) is 11.8. The molecule has 1 aliphatic rings. The molecule has 0 aromatic heterocycles. The first-order chi connectivity index (χ1) is 9.72. The molecule has 0 bridgehead atoms. The van der Waals surface area contributed by atoms with Gasteiger partial charge in [0.15, 0.2) is 5.60 Å². The minimum absolute atomic E-state index is 0.182. The van der Waals surface area contributed by atoms with Gasteiger partial charge in [-0.05, 0) is 23.6 Å². The summed E-state index contributed by atoms with van der Waals surface area (Å²) in [6.07, 6.45) is 0.182. The quantitative estimate of drug-likeness (QED) is 0.589. The SMILES string of the molecule is CC(C)[C@H]1O[C@]1(C#Cc1ccccc1)c1ccccc1. The Labute approximate surface area is 120 Å². The summed E-state index contributed by atoms with van der Waals surface area (Å²) in [4.78, 5) is 0. The molecular formula is C19H18O. The van der Waals surface area contributed by atoms with Crippen LogP contribution in [0.3, 0.4) is 0 Å². The molecule has 0 radical (unpaired) electrons. The van der Waals surface area contributed by atoms with Crippen LogP contribution >= 0.6 is 0 Å². The van der Waals surface area contributed by atoms with Crippen LogP contribution in [0, 0.1) is 17.8 Å². The molecule has 1 nitrogen and oxygen atoms in total. The molecule has 1 heteroatoms. The summed E-state index contributed by atoms with van der Waals surface area (Å²) >= 11 is 0. The fourth-order valence-corrected chi connectivity index (χ4v) is 2.55. The summed E-state index contributed by atoms with van der Waals surface area (Å²) in [5, 5.41) is 0. The van der Waals surface area contributed by atoms with Crippen LogP contribution in [0.15, 0.2) is 60.7 Å². The third-order valence-electron chi connectivity index (χ3n) is 3.63. The van der Waals surface area contributed by atoms with E-state index in [4.69, 9.17) is 4.74 Å². The van der Waals surface area contributed by atoms with Crippen molar-refractivity contribution < 1.29 is 4.74 Å². The summed E-state index contributed by atoms with van der Waals surface area (Å²) < 4.78 is 6.00. The maximum absolute atomic E-state index is 6.00. The van der Waals surface area contributed by atoms with Crippen LogP contribution in [-0.2, 0) is 10.3 Å². The molecule has 1 heterocycles. The second kappa shape index (κ2) is 5.15. The van der Waals surface area contributed by atoms with Crippen molar-refractivity contribution in [1.82, 2.24) is 0 Å². The number of hydrogen-bond acceptors (Lipinski definition) is 1. The zero-order chi connectivity index (χ0) is 14.0. The number of rotatable bonds is 2. The highest BCUT2D eigenvalue weighted by Crippen LogP contribution is 2.49. The fourth-order valence-electron chi connectivity index (χ4n) is 2.55. The summed E-state index contributed by atoms with van der Waals surface area (Å²) in [7, 11) is 0. The van der Waals surface area contributed by atoms with Crippen LogP contribution in [0.5, 0.6) is 0 Å². The van der Waals surface area contributed by atoms with Crippen molar-refractivity contribution in [3.05, 3.63) is 71.8 Å². The van der Waals surface area contributed by atoms with E-state index in [9.17, 15) is 0 Å². The maximum Gasteiger partial charge on any atom is 0.181 e. The van der Waals surface area contributed by atoms with Gasteiger partial charge in [-0.1, -0.05) is 74.2 Å². The second-order valence-corrected chi connectivity index (χ2v) is 5.50. The van der Waals surface area contributed by atoms with Gasteiger partial charge in [0.1, 0.15) is 6.10 Å². The average molecular weight is 262 g/mol. The molecule has 2 aromatic rings. The van der Waals surface area contributed by atoms with Crippen molar-refractivity contribution in [2.45, 2.75) is 25.6 Å². The lowest BCUT2D eigenvalue weighted by Gasteiger charge is -2.07. The predicted molar refractivity (Wildman–Crippen MR) is 81.2 cm³/mol. The largest absolute Gasteiger partial charge is 0.347 e. The molecule has 2 aromatic carbocycles. The Hall–Kier alpha value is -2.04. The van der Waals surface area contributed by atoms with Crippen molar-refractivity contribution in [1.29, 1.82) is 0 Å². The van der Waals surface area contributed by atoms with Crippen LogP contribution in [0.2, 0.25) is 0 Å². The standard InChI is InChI=1S/C19H18O/c1-15(2)18-19(20-18,17-11-7-4-8-12-17)14-13-16-9-5-3-6-10-16/h3-12,15,18H,1-2H3/t18-,19-/m1/s1. The van der Waals surface area contributed by atoms with Gasteiger partial charge in [-0.3, -0.25) is 0 Å². The van der Waals surface area contributed by atoms with Gasteiger partial charge >= 0.3 is 0 Å². The van der Waals surface area contributed by atoms with E-state index in [1.807, 2.05) is 48.5 Å². The highest BCUT2D eigenvalue weighted by molar-refractivity contribution is 5.44. The van der Waals surface area contributed by atoms with E-state index >= 15 is 0 Å². The van der Waals surface area contributed by atoms with Crippen molar-refractivity contribution in [2.24, 2.45) is 5.92 Å². The topological polar surface area (TPSA) is 12.5 Å². The predicted octanol–water partition coefficient (Wildman–Crippen LogP) is 3.99. The lowest BCUT2D eigenvalue weighted by Crippen LogP contribution is -2.14. The van der Waals surface area contributed by atoms with Crippen molar-refractivity contribution in [2.75, 3.05) is 0 Å². The lowest BCUT2D eigenvalue weighted by atomic mass is 9.90. The van der Waals surface area contributed by atoms with Gasteiger partial charge in [0.2, 0.25) is 0 Å². The molecule has 1 saturated heterocycles. The van der Waals surface area contributed by atoms with Gasteiger partial charge < -0.3 is 4.74 Å². The normalized spacial score (nSPS) is 24.1. The second-order valence-electron chi connectivity index (χ2n) is 5.50. The van der Waals surface area contributed by atoms with E-state index in [-0.39, 0.29) is 6.10 Å². The lowest BCUT2D eigenvalue weighted by molar-refractivity contribution is 0.315. The molecule has 0 unspecified atom stereocenters. The van der Waals surface area contributed by atoms with Gasteiger partial charge in [0, 0.05) is 5.56 Å². The maximum atomic E-state index is 6.00. The van der Waals surface area contributed by atoms with Gasteiger partial charge in [-0.25, -0.2) is 0 Å². The first-order valence-electron chi connectivity index (χ1n) is 7.04. The minimum Gasteiger partial charge on any atom is -0.347 e. The molecule has 1 fully saturated rings. The Kier molecular flexibility index (Phi) is 3.34. The molecule has 20 heavy (non-hydrogen) atoms. The molecule has 0 spiro atoms. The van der Waals surface area contributed by atoms with Gasteiger partial charge in [-0.2, -0.15) is 0 Å². The average Bonchev–Trinajstić information content (AvgIpc) is 3.24. The van der Waals surface area contributed by atoms with E-state index in [0.717, 1.165) is 11.1 Å².